The Morgan fingerprint density at radius 2 is 1.95 bits per heavy atom. The van der Waals surface area contributed by atoms with Crippen molar-refractivity contribution in [2.24, 2.45) is 0 Å². The third-order valence-corrected chi connectivity index (χ3v) is 2.73. The van der Waals surface area contributed by atoms with E-state index in [2.05, 4.69) is 11.9 Å². The highest BCUT2D eigenvalue weighted by molar-refractivity contribution is 5.83. The van der Waals surface area contributed by atoms with Crippen LogP contribution in [0.2, 0.25) is 0 Å². The standard InChI is InChI=1S/C15H26N2O5/c1-6-7-8-13(19)17(5)11(14(20)21)9-22-10-12(18)16-15(2,3)4/h6,11H,1,7-10H2,2-5H3,(H,16,18)(H,20,21). The maximum absolute atomic E-state index is 11.8. The number of hydrogen-bond acceptors (Lipinski definition) is 4. The SMILES string of the molecule is C=CCCC(=O)N(C)C(COCC(=O)NC(C)(C)C)C(=O)O. The summed E-state index contributed by atoms with van der Waals surface area (Å²) < 4.78 is 5.13. The Hall–Kier alpha value is -1.89. The van der Waals surface area contributed by atoms with Gasteiger partial charge in [0.15, 0.2) is 6.04 Å². The maximum Gasteiger partial charge on any atom is 0.328 e. The molecule has 0 radical (unpaired) electrons. The van der Waals surface area contributed by atoms with Gasteiger partial charge in [0, 0.05) is 19.0 Å². The Bertz CT molecular complexity index is 415. The van der Waals surface area contributed by atoms with E-state index in [1.807, 2.05) is 20.8 Å². The smallest absolute Gasteiger partial charge is 0.328 e. The van der Waals surface area contributed by atoms with E-state index in [0.29, 0.717) is 6.42 Å². The molecule has 0 bridgehead atoms. The molecule has 0 heterocycles. The predicted molar refractivity (Wildman–Crippen MR) is 82.3 cm³/mol. The van der Waals surface area contributed by atoms with Gasteiger partial charge in [0.2, 0.25) is 11.8 Å². The zero-order valence-corrected chi connectivity index (χ0v) is 13.7. The van der Waals surface area contributed by atoms with Crippen molar-refractivity contribution in [2.45, 2.75) is 45.2 Å². The minimum Gasteiger partial charge on any atom is -0.480 e. The fourth-order valence-electron chi connectivity index (χ4n) is 1.64. The van der Waals surface area contributed by atoms with E-state index in [4.69, 9.17) is 4.74 Å². The molecule has 0 saturated carbocycles. The van der Waals surface area contributed by atoms with Gasteiger partial charge in [-0.3, -0.25) is 9.59 Å². The van der Waals surface area contributed by atoms with Crippen LogP contribution in [0, 0.1) is 0 Å². The van der Waals surface area contributed by atoms with Crippen molar-refractivity contribution in [3.05, 3.63) is 12.7 Å². The second-order valence-corrected chi connectivity index (χ2v) is 6.00. The van der Waals surface area contributed by atoms with Crippen molar-refractivity contribution in [3.8, 4) is 0 Å². The molecular weight excluding hydrogens is 288 g/mol. The van der Waals surface area contributed by atoms with E-state index < -0.39 is 12.0 Å². The van der Waals surface area contributed by atoms with Gasteiger partial charge in [0.25, 0.3) is 0 Å². The highest BCUT2D eigenvalue weighted by Crippen LogP contribution is 2.04. The van der Waals surface area contributed by atoms with Crippen LogP contribution in [0.1, 0.15) is 33.6 Å². The molecule has 0 aliphatic carbocycles. The second kappa shape index (κ2) is 9.19. The van der Waals surface area contributed by atoms with Crippen molar-refractivity contribution < 1.29 is 24.2 Å². The van der Waals surface area contributed by atoms with Gasteiger partial charge in [0.1, 0.15) is 6.61 Å². The van der Waals surface area contributed by atoms with Crippen molar-refractivity contribution in [1.29, 1.82) is 0 Å². The first-order chi connectivity index (χ1) is 10.1. The van der Waals surface area contributed by atoms with Crippen LogP contribution >= 0.6 is 0 Å². The molecule has 0 aromatic heterocycles. The molecule has 0 aliphatic heterocycles. The average molecular weight is 314 g/mol. The molecule has 2 amide bonds. The Morgan fingerprint density at radius 1 is 1.36 bits per heavy atom. The number of carboxylic acid groups (broad SMARTS) is 1. The van der Waals surface area contributed by atoms with Crippen LogP contribution in [0.3, 0.4) is 0 Å². The van der Waals surface area contributed by atoms with Crippen LogP contribution in [0.25, 0.3) is 0 Å². The van der Waals surface area contributed by atoms with Crippen LogP contribution in [-0.2, 0) is 19.1 Å². The monoisotopic (exact) mass is 314 g/mol. The number of likely N-dealkylation sites (N-methyl/N-ethyl adjacent to an activating group) is 1. The van der Waals surface area contributed by atoms with Crippen LogP contribution in [0.4, 0.5) is 0 Å². The lowest BCUT2D eigenvalue weighted by atomic mass is 10.1. The predicted octanol–water partition coefficient (Wildman–Crippen LogP) is 0.796. The van der Waals surface area contributed by atoms with Crippen LogP contribution in [-0.4, -0.2) is 59.6 Å². The molecule has 0 saturated heterocycles. The Labute approximate surface area is 131 Å². The zero-order valence-electron chi connectivity index (χ0n) is 13.7. The number of nitrogens with zero attached hydrogens (tertiary/aromatic N) is 1. The molecule has 0 aromatic rings. The van der Waals surface area contributed by atoms with E-state index in [9.17, 15) is 19.5 Å². The van der Waals surface area contributed by atoms with E-state index in [0.717, 1.165) is 4.90 Å². The number of carbonyl (C=O) groups is 3. The molecule has 7 nitrogen and oxygen atoms in total. The summed E-state index contributed by atoms with van der Waals surface area (Å²) in [7, 11) is 1.41. The van der Waals surface area contributed by atoms with Crippen LogP contribution < -0.4 is 5.32 Å². The molecule has 0 aliphatic rings. The van der Waals surface area contributed by atoms with E-state index in [1.54, 1.807) is 6.08 Å². The minimum atomic E-state index is -1.18. The number of allylic oxidation sites excluding steroid dienone is 1. The number of nitrogens with one attached hydrogen (secondary N) is 1. The van der Waals surface area contributed by atoms with Crippen molar-refractivity contribution >= 4 is 17.8 Å². The summed E-state index contributed by atoms with van der Waals surface area (Å²) in [5, 5.41) is 11.9. The summed E-state index contributed by atoms with van der Waals surface area (Å²) in [6.45, 7) is 8.50. The van der Waals surface area contributed by atoms with Gasteiger partial charge in [-0.15, -0.1) is 6.58 Å². The largest absolute Gasteiger partial charge is 0.480 e. The molecule has 1 unspecified atom stereocenters. The molecule has 0 rings (SSSR count). The third kappa shape index (κ3) is 8.41. The molecular formula is C15H26N2O5. The summed E-state index contributed by atoms with van der Waals surface area (Å²) in [6.07, 6.45) is 2.26. The summed E-state index contributed by atoms with van der Waals surface area (Å²) in [6, 6.07) is -1.13. The van der Waals surface area contributed by atoms with Crippen molar-refractivity contribution in [1.82, 2.24) is 10.2 Å². The first kappa shape index (κ1) is 20.1. The molecule has 0 fully saturated rings. The third-order valence-electron chi connectivity index (χ3n) is 2.73. The average Bonchev–Trinajstić information content (AvgIpc) is 2.37. The van der Waals surface area contributed by atoms with Gasteiger partial charge in [-0.1, -0.05) is 6.08 Å². The number of ether oxygens (including phenoxy) is 1. The maximum atomic E-state index is 11.8. The second-order valence-electron chi connectivity index (χ2n) is 6.00. The van der Waals surface area contributed by atoms with Crippen molar-refractivity contribution in [3.63, 3.8) is 0 Å². The fourth-order valence-corrected chi connectivity index (χ4v) is 1.64. The fraction of sp³-hybridized carbons (Fsp3) is 0.667. The van der Waals surface area contributed by atoms with Gasteiger partial charge in [-0.25, -0.2) is 4.79 Å². The number of carbonyl (C=O) groups excluding carboxylic acids is 2. The quantitative estimate of drug-likeness (QED) is 0.614. The van der Waals surface area contributed by atoms with Gasteiger partial charge in [-0.2, -0.15) is 0 Å². The van der Waals surface area contributed by atoms with Gasteiger partial charge in [0.05, 0.1) is 6.61 Å². The van der Waals surface area contributed by atoms with Crippen LogP contribution in [0.15, 0.2) is 12.7 Å². The van der Waals surface area contributed by atoms with E-state index >= 15 is 0 Å². The molecule has 2 N–H and O–H groups in total. The summed E-state index contributed by atoms with van der Waals surface area (Å²) in [5.41, 5.74) is -0.385. The minimum absolute atomic E-state index is 0.189. The number of carboxylic acids is 1. The first-order valence-electron chi connectivity index (χ1n) is 7.06. The topological polar surface area (TPSA) is 95.9 Å². The van der Waals surface area contributed by atoms with Crippen molar-refractivity contribution in [2.75, 3.05) is 20.3 Å². The number of aliphatic carboxylic acids is 1. The molecule has 0 aromatic carbocycles. The molecule has 22 heavy (non-hydrogen) atoms. The lowest BCUT2D eigenvalue weighted by molar-refractivity contribution is -0.152. The highest BCUT2D eigenvalue weighted by atomic mass is 16.5. The Balaban J connectivity index is 4.42. The number of rotatable bonds is 9. The first-order valence-corrected chi connectivity index (χ1v) is 7.06. The lowest BCUT2D eigenvalue weighted by Gasteiger charge is -2.25. The number of hydrogen-bond donors (Lipinski definition) is 2. The normalized spacial score (nSPS) is 12.4. The van der Waals surface area contributed by atoms with Gasteiger partial charge >= 0.3 is 5.97 Å². The van der Waals surface area contributed by atoms with E-state index in [1.165, 1.54) is 7.05 Å². The van der Waals surface area contributed by atoms with Gasteiger partial charge in [-0.05, 0) is 27.2 Å². The lowest BCUT2D eigenvalue weighted by Crippen LogP contribution is -2.47. The van der Waals surface area contributed by atoms with E-state index in [-0.39, 0.29) is 37.0 Å². The summed E-state index contributed by atoms with van der Waals surface area (Å²) >= 11 is 0. The molecule has 1 atom stereocenters. The van der Waals surface area contributed by atoms with Gasteiger partial charge < -0.3 is 20.1 Å². The summed E-state index contributed by atoms with van der Waals surface area (Å²) in [4.78, 5) is 35.7. The van der Waals surface area contributed by atoms with Crippen LogP contribution in [0.5, 0.6) is 0 Å². The molecule has 126 valence electrons. The highest BCUT2D eigenvalue weighted by Gasteiger charge is 2.26. The molecule has 7 heteroatoms. The number of amides is 2. The zero-order chi connectivity index (χ0) is 17.3. The summed E-state index contributed by atoms with van der Waals surface area (Å²) in [5.74, 6) is -1.82. The Morgan fingerprint density at radius 3 is 2.41 bits per heavy atom. The Kier molecular flexibility index (Phi) is 8.40. The molecule has 0 spiro atoms.